The van der Waals surface area contributed by atoms with Crippen molar-refractivity contribution < 1.29 is 22.3 Å². The fraction of sp³-hybridized carbons (Fsp3) is 0.444. The van der Waals surface area contributed by atoms with Gasteiger partial charge in [-0.1, -0.05) is 0 Å². The zero-order chi connectivity index (χ0) is 27.3. The third kappa shape index (κ3) is 4.76. The molecule has 206 valence electrons. The number of nitrogens with zero attached hydrogens (tertiary/aromatic N) is 5. The van der Waals surface area contributed by atoms with Crippen LogP contribution in [0, 0.1) is 12.7 Å². The van der Waals surface area contributed by atoms with Gasteiger partial charge in [-0.05, 0) is 58.0 Å². The minimum Gasteiger partial charge on any atom is -0.377 e. The number of ether oxygens (including phenoxy) is 1. The van der Waals surface area contributed by atoms with E-state index in [4.69, 9.17) is 9.72 Å². The number of aromatic amines is 1. The summed E-state index contributed by atoms with van der Waals surface area (Å²) >= 11 is 0. The number of benzene rings is 1. The van der Waals surface area contributed by atoms with Crippen molar-refractivity contribution in [1.29, 1.82) is 0 Å². The van der Waals surface area contributed by atoms with Crippen LogP contribution in [0.3, 0.4) is 0 Å². The van der Waals surface area contributed by atoms with Crippen LogP contribution in [0.5, 0.6) is 0 Å². The number of nitrogens with one attached hydrogen (secondary N) is 2. The first-order valence-electron chi connectivity index (χ1n) is 13.1. The Bertz CT molecular complexity index is 1510. The van der Waals surface area contributed by atoms with E-state index in [1.165, 1.54) is 16.8 Å². The van der Waals surface area contributed by atoms with Crippen molar-refractivity contribution in [2.75, 3.05) is 37.7 Å². The Labute approximate surface area is 222 Å². The Morgan fingerprint density at radius 3 is 2.64 bits per heavy atom. The van der Waals surface area contributed by atoms with Gasteiger partial charge in [0.1, 0.15) is 11.6 Å². The van der Waals surface area contributed by atoms with Crippen LogP contribution in [-0.2, 0) is 10.9 Å². The highest BCUT2D eigenvalue weighted by molar-refractivity contribution is 5.94. The van der Waals surface area contributed by atoms with E-state index < -0.39 is 17.7 Å². The molecule has 0 saturated carbocycles. The van der Waals surface area contributed by atoms with Gasteiger partial charge in [0.15, 0.2) is 11.5 Å². The molecule has 0 amide bonds. The van der Waals surface area contributed by atoms with E-state index in [9.17, 15) is 17.6 Å². The smallest absolute Gasteiger partial charge is 0.377 e. The first-order valence-corrected chi connectivity index (χ1v) is 13.1. The molecule has 1 aromatic carbocycles. The van der Waals surface area contributed by atoms with Gasteiger partial charge in [-0.2, -0.15) is 18.3 Å². The van der Waals surface area contributed by atoms with Gasteiger partial charge >= 0.3 is 6.18 Å². The average Bonchev–Trinajstić information content (AvgIpc) is 3.53. The molecule has 0 bridgehead atoms. The van der Waals surface area contributed by atoms with Crippen LogP contribution < -0.4 is 10.2 Å². The number of alkyl halides is 3. The molecule has 0 aliphatic carbocycles. The molecule has 2 aliphatic rings. The van der Waals surface area contributed by atoms with Crippen molar-refractivity contribution in [3.8, 4) is 22.6 Å². The van der Waals surface area contributed by atoms with Crippen LogP contribution in [0.1, 0.15) is 37.2 Å². The summed E-state index contributed by atoms with van der Waals surface area (Å²) in [4.78, 5) is 14.4. The number of aromatic nitrogens is 5. The summed E-state index contributed by atoms with van der Waals surface area (Å²) < 4.78 is 65.0. The van der Waals surface area contributed by atoms with Crippen LogP contribution in [-0.4, -0.2) is 63.6 Å². The molecule has 8 nitrogen and oxygen atoms in total. The largest absolute Gasteiger partial charge is 0.435 e. The standard InChI is InChI=1S/C27H29F4N7O/c1-15-14-39-10-9-37(15)23-13-22(34-26(35-23)20-11-17(28)12-21-19(20)5-8-33-21)24-16(2)38(18-3-6-32-7-4-18)36-25(24)27(29,30)31/h5,8,11-13,15,18,32-33H,3-4,6-7,9-10,14H2,1-2H3/t15-/m1/s1. The molecule has 6 rings (SSSR count). The number of anilines is 1. The summed E-state index contributed by atoms with van der Waals surface area (Å²) in [5.74, 6) is 0.106. The molecule has 2 fully saturated rings. The first kappa shape index (κ1) is 25.8. The van der Waals surface area contributed by atoms with Crippen LogP contribution in [0.4, 0.5) is 23.4 Å². The normalized spacial score (nSPS) is 19.2. The fourth-order valence-electron chi connectivity index (χ4n) is 5.64. The number of piperidine rings is 1. The van der Waals surface area contributed by atoms with E-state index >= 15 is 0 Å². The maximum atomic E-state index is 14.6. The molecule has 12 heteroatoms. The maximum Gasteiger partial charge on any atom is 0.435 e. The monoisotopic (exact) mass is 543 g/mol. The zero-order valence-electron chi connectivity index (χ0n) is 21.6. The van der Waals surface area contributed by atoms with E-state index in [0.29, 0.717) is 73.7 Å². The summed E-state index contributed by atoms with van der Waals surface area (Å²) in [6.45, 7) is 6.48. The lowest BCUT2D eigenvalue weighted by Gasteiger charge is -2.34. The summed E-state index contributed by atoms with van der Waals surface area (Å²) in [6, 6.07) is 5.84. The van der Waals surface area contributed by atoms with E-state index in [1.54, 1.807) is 25.3 Å². The van der Waals surface area contributed by atoms with Crippen molar-refractivity contribution in [2.24, 2.45) is 0 Å². The predicted molar refractivity (Wildman–Crippen MR) is 139 cm³/mol. The molecule has 4 aromatic rings. The topological polar surface area (TPSA) is 83.9 Å². The molecule has 0 unspecified atom stereocenters. The number of morpholine rings is 1. The number of rotatable bonds is 4. The Kier molecular flexibility index (Phi) is 6.54. The van der Waals surface area contributed by atoms with Crippen LogP contribution >= 0.6 is 0 Å². The molecule has 3 aromatic heterocycles. The van der Waals surface area contributed by atoms with E-state index in [-0.39, 0.29) is 29.2 Å². The Balaban J connectivity index is 1.59. The van der Waals surface area contributed by atoms with Crippen molar-refractivity contribution >= 4 is 16.7 Å². The van der Waals surface area contributed by atoms with E-state index in [2.05, 4.69) is 20.4 Å². The minimum atomic E-state index is -4.69. The third-order valence-corrected chi connectivity index (χ3v) is 7.58. The summed E-state index contributed by atoms with van der Waals surface area (Å²) in [5.41, 5.74) is 0.389. The number of hydrogen-bond donors (Lipinski definition) is 2. The first-order chi connectivity index (χ1) is 18.7. The zero-order valence-corrected chi connectivity index (χ0v) is 21.6. The van der Waals surface area contributed by atoms with E-state index in [1.807, 2.05) is 11.8 Å². The Morgan fingerprint density at radius 2 is 1.90 bits per heavy atom. The third-order valence-electron chi connectivity index (χ3n) is 7.58. The minimum absolute atomic E-state index is 0.0604. The quantitative estimate of drug-likeness (QED) is 0.349. The average molecular weight is 544 g/mol. The van der Waals surface area contributed by atoms with Crippen molar-refractivity contribution in [3.63, 3.8) is 0 Å². The lowest BCUT2D eigenvalue weighted by atomic mass is 10.0. The number of H-pyrrole nitrogens is 1. The molecule has 0 radical (unpaired) electrons. The van der Waals surface area contributed by atoms with Gasteiger partial charge in [0, 0.05) is 41.0 Å². The second-order valence-electron chi connectivity index (χ2n) is 10.2. The second-order valence-corrected chi connectivity index (χ2v) is 10.2. The van der Waals surface area contributed by atoms with Crippen LogP contribution in [0.25, 0.3) is 33.5 Å². The van der Waals surface area contributed by atoms with Crippen LogP contribution in [0.15, 0.2) is 30.5 Å². The van der Waals surface area contributed by atoms with Gasteiger partial charge in [0.2, 0.25) is 0 Å². The van der Waals surface area contributed by atoms with Crippen molar-refractivity contribution in [2.45, 2.75) is 44.9 Å². The van der Waals surface area contributed by atoms with Gasteiger partial charge in [0.25, 0.3) is 0 Å². The summed E-state index contributed by atoms with van der Waals surface area (Å²) in [6.07, 6.45) is -1.65. The molecule has 1 atom stereocenters. The number of hydrogen-bond acceptors (Lipinski definition) is 6. The molecular formula is C27H29F4N7O. The molecular weight excluding hydrogens is 514 g/mol. The van der Waals surface area contributed by atoms with Crippen LogP contribution in [0.2, 0.25) is 0 Å². The highest BCUT2D eigenvalue weighted by Gasteiger charge is 2.41. The second kappa shape index (κ2) is 9.91. The highest BCUT2D eigenvalue weighted by atomic mass is 19.4. The Hall–Kier alpha value is -3.51. The predicted octanol–water partition coefficient (Wildman–Crippen LogP) is 5.10. The van der Waals surface area contributed by atoms with Gasteiger partial charge in [-0.25, -0.2) is 14.4 Å². The van der Waals surface area contributed by atoms with E-state index in [0.717, 1.165) is 0 Å². The van der Waals surface area contributed by atoms with Gasteiger partial charge < -0.3 is 19.9 Å². The molecule has 5 heterocycles. The molecule has 2 aliphatic heterocycles. The highest BCUT2D eigenvalue weighted by Crippen LogP contribution is 2.41. The van der Waals surface area contributed by atoms with Gasteiger partial charge in [0.05, 0.1) is 36.6 Å². The fourth-order valence-corrected chi connectivity index (χ4v) is 5.64. The number of halogens is 4. The van der Waals surface area contributed by atoms with Crippen molar-refractivity contribution in [3.05, 3.63) is 47.7 Å². The Morgan fingerprint density at radius 1 is 1.10 bits per heavy atom. The van der Waals surface area contributed by atoms with Gasteiger partial charge in [-0.15, -0.1) is 0 Å². The maximum absolute atomic E-state index is 14.6. The summed E-state index contributed by atoms with van der Waals surface area (Å²) in [7, 11) is 0. The lowest BCUT2D eigenvalue weighted by molar-refractivity contribution is -0.141. The summed E-state index contributed by atoms with van der Waals surface area (Å²) in [5, 5.41) is 8.02. The molecule has 2 saturated heterocycles. The lowest BCUT2D eigenvalue weighted by Crippen LogP contribution is -2.44. The molecule has 0 spiro atoms. The molecule has 2 N–H and O–H groups in total. The van der Waals surface area contributed by atoms with Gasteiger partial charge in [-0.3, -0.25) is 4.68 Å². The van der Waals surface area contributed by atoms with Crippen molar-refractivity contribution in [1.82, 2.24) is 30.0 Å². The number of fused-ring (bicyclic) bond motifs is 1. The molecule has 39 heavy (non-hydrogen) atoms. The SMILES string of the molecule is Cc1c(-c2cc(N3CCOC[C@H]3C)nc(-c3cc(F)cc4[nH]ccc34)n2)c(C(F)(F)F)nn1C1CCNCC1.